The van der Waals surface area contributed by atoms with Crippen LogP contribution in [0.4, 0.5) is 0 Å². The van der Waals surface area contributed by atoms with Crippen molar-refractivity contribution in [1.82, 2.24) is 9.97 Å². The molecule has 2 aromatic carbocycles. The van der Waals surface area contributed by atoms with Crippen molar-refractivity contribution in [1.29, 1.82) is 0 Å². The Bertz CT molecular complexity index is 1080. The van der Waals surface area contributed by atoms with Crippen LogP contribution in [-0.4, -0.2) is 21.0 Å². The highest BCUT2D eigenvalue weighted by Gasteiger charge is 2.22. The molecule has 0 spiro atoms. The van der Waals surface area contributed by atoms with E-state index in [1.165, 1.54) is 12.4 Å². The van der Waals surface area contributed by atoms with E-state index in [2.05, 4.69) is 9.97 Å². The van der Waals surface area contributed by atoms with Crippen LogP contribution >= 0.6 is 11.6 Å². The van der Waals surface area contributed by atoms with E-state index in [0.717, 1.165) is 47.3 Å². The number of aromatic carboxylic acids is 1. The second kappa shape index (κ2) is 8.45. The van der Waals surface area contributed by atoms with Crippen LogP contribution in [0.2, 0.25) is 5.02 Å². The molecule has 1 aliphatic rings. The average Bonchev–Trinajstić information content (AvgIpc) is 3.23. The molecule has 0 unspecified atom stereocenters. The summed E-state index contributed by atoms with van der Waals surface area (Å²) < 4.78 is 6.12. The Labute approximate surface area is 173 Å². The zero-order valence-corrected chi connectivity index (χ0v) is 16.4. The molecule has 1 aromatic heterocycles. The summed E-state index contributed by atoms with van der Waals surface area (Å²) in [5.41, 5.74) is 4.74. The van der Waals surface area contributed by atoms with Gasteiger partial charge in [0.15, 0.2) is 5.69 Å². The lowest BCUT2D eigenvalue weighted by Gasteiger charge is -2.15. The Balaban J connectivity index is 1.72. The van der Waals surface area contributed by atoms with Crippen molar-refractivity contribution in [3.8, 4) is 5.75 Å². The van der Waals surface area contributed by atoms with E-state index in [1.54, 1.807) is 0 Å². The van der Waals surface area contributed by atoms with E-state index >= 15 is 0 Å². The molecular formula is C23H19ClN2O3. The SMILES string of the molecule is O=C(O)c1cc(C2=C(c3cc(Cl)ccc3OCc3ccccc3)CCC2)ncn1. The summed E-state index contributed by atoms with van der Waals surface area (Å²) in [4.78, 5) is 19.4. The number of allylic oxidation sites excluding steroid dienone is 2. The second-order valence-electron chi connectivity index (χ2n) is 6.82. The van der Waals surface area contributed by atoms with Crippen LogP contribution in [0.15, 0.2) is 60.9 Å². The molecule has 0 fully saturated rings. The molecular weight excluding hydrogens is 388 g/mol. The fraction of sp³-hybridized carbons (Fsp3) is 0.174. The van der Waals surface area contributed by atoms with Crippen LogP contribution < -0.4 is 4.74 Å². The Kier molecular flexibility index (Phi) is 5.58. The summed E-state index contributed by atoms with van der Waals surface area (Å²) in [6.07, 6.45) is 3.92. The first-order valence-corrected chi connectivity index (χ1v) is 9.74. The van der Waals surface area contributed by atoms with Crippen molar-refractivity contribution in [2.24, 2.45) is 0 Å². The number of hydrogen-bond donors (Lipinski definition) is 1. The second-order valence-corrected chi connectivity index (χ2v) is 7.26. The first kappa shape index (κ1) is 19.2. The van der Waals surface area contributed by atoms with Crippen molar-refractivity contribution in [3.05, 3.63) is 88.5 Å². The minimum Gasteiger partial charge on any atom is -0.488 e. The van der Waals surface area contributed by atoms with Gasteiger partial charge in [0.25, 0.3) is 0 Å². The molecule has 4 rings (SSSR count). The number of benzene rings is 2. The lowest BCUT2D eigenvalue weighted by molar-refractivity contribution is 0.0690. The molecule has 146 valence electrons. The molecule has 0 atom stereocenters. The number of carboxylic acid groups (broad SMARTS) is 1. The molecule has 1 heterocycles. The predicted molar refractivity (Wildman–Crippen MR) is 112 cm³/mol. The molecule has 0 saturated heterocycles. The number of carbonyl (C=O) groups is 1. The Morgan fingerprint density at radius 3 is 2.62 bits per heavy atom. The van der Waals surface area contributed by atoms with E-state index in [1.807, 2.05) is 48.5 Å². The molecule has 3 aromatic rings. The third kappa shape index (κ3) is 4.30. The fourth-order valence-electron chi connectivity index (χ4n) is 3.56. The lowest BCUT2D eigenvalue weighted by atomic mass is 9.99. The van der Waals surface area contributed by atoms with Crippen LogP contribution in [0.25, 0.3) is 11.1 Å². The van der Waals surface area contributed by atoms with Gasteiger partial charge in [0.2, 0.25) is 0 Å². The summed E-state index contributed by atoms with van der Waals surface area (Å²) in [6.45, 7) is 0.453. The van der Waals surface area contributed by atoms with Crippen molar-refractivity contribution in [2.45, 2.75) is 25.9 Å². The maximum atomic E-state index is 11.3. The van der Waals surface area contributed by atoms with Crippen LogP contribution in [0.3, 0.4) is 0 Å². The zero-order chi connectivity index (χ0) is 20.2. The number of aromatic nitrogens is 2. The number of nitrogens with zero attached hydrogens (tertiary/aromatic N) is 2. The molecule has 0 aliphatic heterocycles. The van der Waals surface area contributed by atoms with Crippen LogP contribution in [0, 0.1) is 0 Å². The normalized spacial score (nSPS) is 13.6. The molecule has 1 aliphatic carbocycles. The summed E-state index contributed by atoms with van der Waals surface area (Å²) in [6, 6.07) is 17.1. The Morgan fingerprint density at radius 2 is 1.83 bits per heavy atom. The first-order valence-electron chi connectivity index (χ1n) is 9.36. The minimum atomic E-state index is -1.07. The maximum Gasteiger partial charge on any atom is 0.354 e. The van der Waals surface area contributed by atoms with Gasteiger partial charge in [0, 0.05) is 10.6 Å². The molecule has 0 bridgehead atoms. The largest absolute Gasteiger partial charge is 0.488 e. The number of hydrogen-bond acceptors (Lipinski definition) is 4. The number of ether oxygens (including phenoxy) is 1. The summed E-state index contributed by atoms with van der Waals surface area (Å²) in [5, 5.41) is 9.87. The number of carboxylic acids is 1. The van der Waals surface area contributed by atoms with E-state index in [0.29, 0.717) is 17.3 Å². The highest BCUT2D eigenvalue weighted by atomic mass is 35.5. The van der Waals surface area contributed by atoms with Crippen molar-refractivity contribution < 1.29 is 14.6 Å². The van der Waals surface area contributed by atoms with E-state index in [9.17, 15) is 9.90 Å². The van der Waals surface area contributed by atoms with Crippen LogP contribution in [0.1, 0.15) is 46.6 Å². The highest BCUT2D eigenvalue weighted by molar-refractivity contribution is 6.30. The van der Waals surface area contributed by atoms with Crippen molar-refractivity contribution >= 4 is 28.7 Å². The van der Waals surface area contributed by atoms with Gasteiger partial charge in [-0.15, -0.1) is 0 Å². The molecule has 5 nitrogen and oxygen atoms in total. The zero-order valence-electron chi connectivity index (χ0n) is 15.6. The van der Waals surface area contributed by atoms with Gasteiger partial charge in [-0.25, -0.2) is 14.8 Å². The fourth-order valence-corrected chi connectivity index (χ4v) is 3.73. The molecule has 0 radical (unpaired) electrons. The standard InChI is InChI=1S/C23H19ClN2O3/c24-16-9-10-22(29-13-15-5-2-1-3-6-15)19(11-16)17-7-4-8-18(17)20-12-21(23(27)28)26-14-25-20/h1-3,5-6,9-12,14H,4,7-8,13H2,(H,27,28). The summed E-state index contributed by atoms with van der Waals surface area (Å²) in [7, 11) is 0. The van der Waals surface area contributed by atoms with Gasteiger partial charge in [-0.3, -0.25) is 0 Å². The average molecular weight is 407 g/mol. The van der Waals surface area contributed by atoms with Gasteiger partial charge in [-0.1, -0.05) is 41.9 Å². The first-order chi connectivity index (χ1) is 14.1. The summed E-state index contributed by atoms with van der Waals surface area (Å²) >= 11 is 6.29. The van der Waals surface area contributed by atoms with Gasteiger partial charge >= 0.3 is 5.97 Å². The quantitative estimate of drug-likeness (QED) is 0.585. The molecule has 1 N–H and O–H groups in total. The van der Waals surface area contributed by atoms with Crippen molar-refractivity contribution in [2.75, 3.05) is 0 Å². The predicted octanol–water partition coefficient (Wildman–Crippen LogP) is 5.50. The van der Waals surface area contributed by atoms with Gasteiger partial charge in [-0.05, 0) is 60.2 Å². The third-order valence-electron chi connectivity index (χ3n) is 4.92. The highest BCUT2D eigenvalue weighted by Crippen LogP contribution is 2.43. The molecule has 0 amide bonds. The Morgan fingerprint density at radius 1 is 1.03 bits per heavy atom. The van der Waals surface area contributed by atoms with Gasteiger partial charge in [-0.2, -0.15) is 0 Å². The summed E-state index contributed by atoms with van der Waals surface area (Å²) in [5.74, 6) is -0.316. The minimum absolute atomic E-state index is 0.0135. The van der Waals surface area contributed by atoms with E-state index in [4.69, 9.17) is 16.3 Å². The van der Waals surface area contributed by atoms with E-state index in [-0.39, 0.29) is 5.69 Å². The molecule has 29 heavy (non-hydrogen) atoms. The van der Waals surface area contributed by atoms with E-state index < -0.39 is 5.97 Å². The lowest BCUT2D eigenvalue weighted by Crippen LogP contribution is -2.03. The molecule has 0 saturated carbocycles. The van der Waals surface area contributed by atoms with Gasteiger partial charge in [0.05, 0.1) is 5.69 Å². The maximum absolute atomic E-state index is 11.3. The molecule has 6 heteroatoms. The van der Waals surface area contributed by atoms with Gasteiger partial charge in [0.1, 0.15) is 18.7 Å². The van der Waals surface area contributed by atoms with Crippen LogP contribution in [0.5, 0.6) is 5.75 Å². The number of halogens is 1. The topological polar surface area (TPSA) is 72.3 Å². The van der Waals surface area contributed by atoms with Crippen molar-refractivity contribution in [3.63, 3.8) is 0 Å². The third-order valence-corrected chi connectivity index (χ3v) is 5.15. The van der Waals surface area contributed by atoms with Crippen LogP contribution in [-0.2, 0) is 6.61 Å². The monoisotopic (exact) mass is 406 g/mol. The number of rotatable bonds is 6. The smallest absolute Gasteiger partial charge is 0.354 e. The van der Waals surface area contributed by atoms with Gasteiger partial charge < -0.3 is 9.84 Å². The Hall–Kier alpha value is -3.18.